The molecule has 8 nitrogen and oxygen atoms in total. The number of rotatable bonds is 4. The maximum atomic E-state index is 13.3. The van der Waals surface area contributed by atoms with E-state index in [0.717, 1.165) is 11.1 Å². The summed E-state index contributed by atoms with van der Waals surface area (Å²) in [5.74, 6) is -1.44. The molecule has 0 bridgehead atoms. The van der Waals surface area contributed by atoms with Crippen LogP contribution in [0.25, 0.3) is 27.7 Å². The van der Waals surface area contributed by atoms with Gasteiger partial charge in [0.05, 0.1) is 22.4 Å². The maximum absolute atomic E-state index is 13.3. The summed E-state index contributed by atoms with van der Waals surface area (Å²) in [5, 5.41) is 12.6. The summed E-state index contributed by atoms with van der Waals surface area (Å²) < 4.78 is 1.40. The molecule has 1 aromatic carbocycles. The lowest BCUT2D eigenvalue weighted by molar-refractivity contribution is -0.142. The van der Waals surface area contributed by atoms with E-state index in [1.165, 1.54) is 4.40 Å². The van der Waals surface area contributed by atoms with E-state index in [0.29, 0.717) is 47.8 Å². The van der Waals surface area contributed by atoms with Gasteiger partial charge in [-0.2, -0.15) is 0 Å². The predicted molar refractivity (Wildman–Crippen MR) is 123 cm³/mol. The van der Waals surface area contributed by atoms with Gasteiger partial charge in [-0.3, -0.25) is 23.8 Å². The fourth-order valence-corrected chi connectivity index (χ4v) is 4.48. The van der Waals surface area contributed by atoms with Crippen molar-refractivity contribution >= 4 is 28.4 Å². The molecule has 0 saturated heterocycles. The van der Waals surface area contributed by atoms with Crippen molar-refractivity contribution in [2.75, 3.05) is 0 Å². The number of benzene rings is 1. The molecular formula is C25H22N4O4. The third-order valence-corrected chi connectivity index (χ3v) is 6.31. The van der Waals surface area contributed by atoms with Crippen LogP contribution in [0.5, 0.6) is 0 Å². The molecule has 33 heavy (non-hydrogen) atoms. The molecule has 3 heterocycles. The van der Waals surface area contributed by atoms with Crippen molar-refractivity contribution in [1.82, 2.24) is 19.7 Å². The third kappa shape index (κ3) is 3.95. The number of carboxylic acid groups (broad SMARTS) is 1. The summed E-state index contributed by atoms with van der Waals surface area (Å²) in [5.41, 5.74) is 2.71. The Bertz CT molecular complexity index is 1420. The number of aliphatic carboxylic acids is 1. The molecule has 1 fully saturated rings. The summed E-state index contributed by atoms with van der Waals surface area (Å²) in [7, 11) is 0. The van der Waals surface area contributed by atoms with E-state index < -0.39 is 5.97 Å². The number of nitrogens with one attached hydrogen (secondary N) is 1. The average molecular weight is 442 g/mol. The summed E-state index contributed by atoms with van der Waals surface area (Å²) in [6.07, 6.45) is 7.31. The number of nitrogens with zero attached hydrogens (tertiary/aromatic N) is 3. The number of hydrogen-bond donors (Lipinski definition) is 2. The molecule has 0 atom stereocenters. The minimum Gasteiger partial charge on any atom is -0.481 e. The number of carboxylic acids is 1. The Morgan fingerprint density at radius 3 is 2.48 bits per heavy atom. The molecule has 0 spiro atoms. The summed E-state index contributed by atoms with van der Waals surface area (Å²) >= 11 is 0. The van der Waals surface area contributed by atoms with Crippen molar-refractivity contribution in [2.24, 2.45) is 5.92 Å². The lowest BCUT2D eigenvalue weighted by Crippen LogP contribution is -2.39. The fraction of sp³-hybridized carbons (Fsp3) is 0.240. The number of hydrogen-bond acceptors (Lipinski definition) is 5. The van der Waals surface area contributed by atoms with E-state index in [1.54, 1.807) is 42.9 Å². The van der Waals surface area contributed by atoms with Crippen molar-refractivity contribution in [3.63, 3.8) is 0 Å². The van der Waals surface area contributed by atoms with E-state index in [9.17, 15) is 14.4 Å². The van der Waals surface area contributed by atoms with Crippen LogP contribution >= 0.6 is 0 Å². The second-order valence-electron chi connectivity index (χ2n) is 8.36. The maximum Gasteiger partial charge on any atom is 0.306 e. The quantitative estimate of drug-likeness (QED) is 0.469. The van der Waals surface area contributed by atoms with Gasteiger partial charge >= 0.3 is 5.97 Å². The van der Waals surface area contributed by atoms with Crippen molar-refractivity contribution in [3.05, 3.63) is 77.0 Å². The van der Waals surface area contributed by atoms with Gasteiger partial charge in [0.15, 0.2) is 5.65 Å². The molecule has 0 radical (unpaired) electrons. The van der Waals surface area contributed by atoms with Gasteiger partial charge in [0.25, 0.3) is 11.5 Å². The molecule has 1 aliphatic carbocycles. The second kappa shape index (κ2) is 8.46. The zero-order chi connectivity index (χ0) is 22.9. The van der Waals surface area contributed by atoms with Crippen molar-refractivity contribution < 1.29 is 14.7 Å². The number of carbonyl (C=O) groups excluding carboxylic acids is 1. The Hall–Kier alpha value is -4.07. The van der Waals surface area contributed by atoms with Crippen LogP contribution in [0.1, 0.15) is 36.0 Å². The molecule has 8 heteroatoms. The Balaban J connectivity index is 1.49. The van der Waals surface area contributed by atoms with Crippen LogP contribution < -0.4 is 10.9 Å². The van der Waals surface area contributed by atoms with Gasteiger partial charge < -0.3 is 10.4 Å². The minimum absolute atomic E-state index is 0.0940. The highest BCUT2D eigenvalue weighted by Crippen LogP contribution is 2.25. The van der Waals surface area contributed by atoms with Crippen molar-refractivity contribution in [2.45, 2.75) is 31.7 Å². The molecule has 1 saturated carbocycles. The summed E-state index contributed by atoms with van der Waals surface area (Å²) in [4.78, 5) is 46.1. The number of fused-ring (bicyclic) bond motifs is 2. The van der Waals surface area contributed by atoms with E-state index in [-0.39, 0.29) is 23.4 Å². The largest absolute Gasteiger partial charge is 0.481 e. The number of aromatic nitrogens is 3. The molecule has 1 aliphatic rings. The molecule has 2 N–H and O–H groups in total. The van der Waals surface area contributed by atoms with E-state index in [4.69, 9.17) is 5.11 Å². The van der Waals surface area contributed by atoms with Gasteiger partial charge in [0.2, 0.25) is 0 Å². The van der Waals surface area contributed by atoms with Gasteiger partial charge in [-0.1, -0.05) is 6.07 Å². The lowest BCUT2D eigenvalue weighted by Gasteiger charge is -2.26. The SMILES string of the molecule is O=C(NC1CCC(C(=O)O)CC1)c1cccn2c(=O)c3cc(-c4ccncc4)ccc3nc12. The normalized spacial score (nSPS) is 18.3. The van der Waals surface area contributed by atoms with E-state index >= 15 is 0 Å². The van der Waals surface area contributed by atoms with Gasteiger partial charge in [0.1, 0.15) is 0 Å². The van der Waals surface area contributed by atoms with Crippen LogP contribution in [0, 0.1) is 5.92 Å². The highest BCUT2D eigenvalue weighted by atomic mass is 16.4. The van der Waals surface area contributed by atoms with Crippen molar-refractivity contribution in [1.29, 1.82) is 0 Å². The molecule has 1 amide bonds. The summed E-state index contributed by atoms with van der Waals surface area (Å²) in [6.45, 7) is 0. The van der Waals surface area contributed by atoms with Crippen LogP contribution in [-0.4, -0.2) is 37.4 Å². The van der Waals surface area contributed by atoms with E-state index in [2.05, 4.69) is 15.3 Å². The Labute approximate surface area is 188 Å². The molecule has 0 unspecified atom stereocenters. The number of carbonyl (C=O) groups is 2. The first-order valence-electron chi connectivity index (χ1n) is 10.9. The molecule has 4 aromatic rings. The van der Waals surface area contributed by atoms with Crippen molar-refractivity contribution in [3.8, 4) is 11.1 Å². The average Bonchev–Trinajstić information content (AvgIpc) is 2.84. The van der Waals surface area contributed by atoms with Crippen LogP contribution in [0.3, 0.4) is 0 Å². The van der Waals surface area contributed by atoms with Gasteiger partial charge in [0, 0.05) is 24.6 Å². The van der Waals surface area contributed by atoms with Crippen LogP contribution in [0.2, 0.25) is 0 Å². The number of pyridine rings is 2. The molecule has 5 rings (SSSR count). The fourth-order valence-electron chi connectivity index (χ4n) is 4.48. The molecular weight excluding hydrogens is 420 g/mol. The second-order valence-corrected chi connectivity index (χ2v) is 8.36. The smallest absolute Gasteiger partial charge is 0.306 e. The number of amides is 1. The zero-order valence-electron chi connectivity index (χ0n) is 17.8. The standard InChI is InChI=1S/C25H22N4O4/c30-23(27-18-6-3-16(4-7-18)25(32)33)19-2-1-13-29-22(19)28-21-8-5-17(14-20(21)24(29)31)15-9-11-26-12-10-15/h1-2,5,8-14,16,18H,3-4,6-7H2,(H,27,30)(H,32,33). The third-order valence-electron chi connectivity index (χ3n) is 6.31. The van der Waals surface area contributed by atoms with E-state index in [1.807, 2.05) is 18.2 Å². The lowest BCUT2D eigenvalue weighted by atomic mass is 9.86. The Kier molecular flexibility index (Phi) is 5.34. The molecule has 3 aromatic heterocycles. The predicted octanol–water partition coefficient (Wildman–Crippen LogP) is 3.28. The van der Waals surface area contributed by atoms with Crippen LogP contribution in [-0.2, 0) is 4.79 Å². The van der Waals surface area contributed by atoms with Gasteiger partial charge in [-0.15, -0.1) is 0 Å². The Morgan fingerprint density at radius 1 is 1.00 bits per heavy atom. The zero-order valence-corrected chi connectivity index (χ0v) is 17.8. The minimum atomic E-state index is -0.781. The van der Waals surface area contributed by atoms with Crippen LogP contribution in [0.4, 0.5) is 0 Å². The highest BCUT2D eigenvalue weighted by Gasteiger charge is 2.27. The summed E-state index contributed by atoms with van der Waals surface area (Å²) in [6, 6.07) is 12.4. The van der Waals surface area contributed by atoms with Gasteiger partial charge in [-0.25, -0.2) is 4.98 Å². The van der Waals surface area contributed by atoms with Gasteiger partial charge in [-0.05, 0) is 73.2 Å². The highest BCUT2D eigenvalue weighted by molar-refractivity contribution is 6.01. The first kappa shape index (κ1) is 20.8. The molecule has 0 aliphatic heterocycles. The van der Waals surface area contributed by atoms with Crippen LogP contribution in [0.15, 0.2) is 65.8 Å². The monoisotopic (exact) mass is 442 g/mol. The first-order chi connectivity index (χ1) is 16.0. The topological polar surface area (TPSA) is 114 Å². The molecule has 166 valence electrons. The Morgan fingerprint density at radius 2 is 1.76 bits per heavy atom. The first-order valence-corrected chi connectivity index (χ1v) is 10.9.